The average molecular weight is 568 g/mol. The number of carbonyl (C=O) groups excluding carboxylic acids is 1. The van der Waals surface area contributed by atoms with E-state index in [2.05, 4.69) is 46.7 Å². The van der Waals surface area contributed by atoms with Crippen molar-refractivity contribution in [2.45, 2.75) is 62.4 Å². The third kappa shape index (κ3) is 7.85. The van der Waals surface area contributed by atoms with E-state index < -0.39 is 0 Å². The van der Waals surface area contributed by atoms with Crippen LogP contribution in [0.2, 0.25) is 10.0 Å². The molecule has 0 aliphatic carbocycles. The number of aromatic nitrogens is 3. The van der Waals surface area contributed by atoms with E-state index >= 15 is 0 Å². The van der Waals surface area contributed by atoms with Crippen LogP contribution < -0.4 is 5.32 Å². The van der Waals surface area contributed by atoms with Crippen LogP contribution in [0.5, 0.6) is 0 Å². The molecular weight excluding hydrogens is 535 g/mol. The van der Waals surface area contributed by atoms with Crippen molar-refractivity contribution >= 4 is 40.9 Å². The summed E-state index contributed by atoms with van der Waals surface area (Å²) in [7, 11) is 0. The zero-order valence-electron chi connectivity index (χ0n) is 21.4. The summed E-state index contributed by atoms with van der Waals surface area (Å²) in [5.41, 5.74) is 3.00. The van der Waals surface area contributed by atoms with Gasteiger partial charge in [-0.2, -0.15) is 0 Å². The molecule has 3 aromatic carbocycles. The number of thioether (sulfide) groups is 1. The van der Waals surface area contributed by atoms with Crippen molar-refractivity contribution in [3.8, 4) is 5.69 Å². The fraction of sp³-hybridized carbons (Fsp3) is 0.300. The largest absolute Gasteiger partial charge is 0.346 e. The van der Waals surface area contributed by atoms with Gasteiger partial charge in [0.1, 0.15) is 0 Å². The first-order chi connectivity index (χ1) is 18.5. The summed E-state index contributed by atoms with van der Waals surface area (Å²) in [6.45, 7) is 2.16. The second kappa shape index (κ2) is 14.4. The summed E-state index contributed by atoms with van der Waals surface area (Å²) in [6.07, 6.45) is 5.24. The Morgan fingerprint density at radius 2 is 1.63 bits per heavy atom. The lowest BCUT2D eigenvalue weighted by atomic mass is 10.0. The second-order valence-corrected chi connectivity index (χ2v) is 11.0. The predicted molar refractivity (Wildman–Crippen MR) is 157 cm³/mol. The minimum atomic E-state index is -0.388. The van der Waals surface area contributed by atoms with Crippen LogP contribution in [0.3, 0.4) is 0 Å². The number of halogens is 2. The highest BCUT2D eigenvalue weighted by atomic mass is 35.5. The summed E-state index contributed by atoms with van der Waals surface area (Å²) >= 11 is 14.5. The number of amides is 1. The van der Waals surface area contributed by atoms with Crippen LogP contribution in [-0.2, 0) is 17.0 Å². The van der Waals surface area contributed by atoms with E-state index in [-0.39, 0.29) is 11.9 Å². The average Bonchev–Trinajstić information content (AvgIpc) is 3.34. The van der Waals surface area contributed by atoms with E-state index in [0.29, 0.717) is 33.9 Å². The number of unbranched alkanes of at least 4 members (excludes halogenated alkanes) is 3. The Hall–Kier alpha value is -2.80. The second-order valence-electron chi connectivity index (χ2n) is 9.17. The third-order valence-corrected chi connectivity index (χ3v) is 7.74. The fourth-order valence-electron chi connectivity index (χ4n) is 4.25. The molecule has 0 saturated carbocycles. The number of nitrogens with zero attached hydrogens (tertiary/aromatic N) is 3. The zero-order chi connectivity index (χ0) is 26.7. The van der Waals surface area contributed by atoms with Crippen molar-refractivity contribution < 1.29 is 4.79 Å². The summed E-state index contributed by atoms with van der Waals surface area (Å²) in [4.78, 5) is 13.0. The van der Waals surface area contributed by atoms with Gasteiger partial charge in [0.25, 0.3) is 0 Å². The van der Waals surface area contributed by atoms with E-state index in [4.69, 9.17) is 23.2 Å². The van der Waals surface area contributed by atoms with Crippen molar-refractivity contribution in [3.05, 3.63) is 106 Å². The smallest absolute Gasteiger partial charge is 0.220 e. The zero-order valence-corrected chi connectivity index (χ0v) is 23.8. The molecule has 0 bridgehead atoms. The summed E-state index contributed by atoms with van der Waals surface area (Å²) in [5.74, 6) is 1.37. The lowest BCUT2D eigenvalue weighted by Gasteiger charge is -2.21. The molecule has 1 unspecified atom stereocenters. The molecule has 4 aromatic rings. The van der Waals surface area contributed by atoms with Crippen LogP contribution in [0.1, 0.15) is 62.0 Å². The number of rotatable bonds is 13. The first kappa shape index (κ1) is 28.2. The highest BCUT2D eigenvalue weighted by molar-refractivity contribution is 7.98. The molecule has 0 radical (unpaired) electrons. The van der Waals surface area contributed by atoms with Crippen molar-refractivity contribution in [1.82, 2.24) is 20.1 Å². The van der Waals surface area contributed by atoms with E-state index in [9.17, 15) is 4.79 Å². The highest BCUT2D eigenvalue weighted by Gasteiger charge is 2.26. The Labute approximate surface area is 239 Å². The number of hydrogen-bond donors (Lipinski definition) is 1. The molecule has 0 saturated heterocycles. The summed E-state index contributed by atoms with van der Waals surface area (Å²) in [6, 6.07) is 25.3. The van der Waals surface area contributed by atoms with Crippen LogP contribution in [0.4, 0.5) is 0 Å². The molecule has 1 aromatic heterocycles. The van der Waals surface area contributed by atoms with E-state index in [1.807, 2.05) is 47.0 Å². The molecule has 0 spiro atoms. The molecule has 1 amide bonds. The standard InChI is InChI=1S/C30H32Cl2N4OS/c1-2-3-4-11-16-28(37)33-26(19-22-12-7-5-8-13-22)29-34-35-30(38-21-23-14-9-6-10-15-23)36(29)27-18-17-24(31)20-25(27)32/h5-10,12-15,17-18,20,26H,2-4,11,16,19,21H2,1H3,(H,33,37). The van der Waals surface area contributed by atoms with Gasteiger partial charge in [-0.25, -0.2) is 0 Å². The number of carbonyl (C=O) groups is 1. The first-order valence-electron chi connectivity index (χ1n) is 13.0. The molecule has 5 nitrogen and oxygen atoms in total. The molecule has 198 valence electrons. The van der Waals surface area contributed by atoms with Gasteiger partial charge in [-0.1, -0.05) is 122 Å². The number of benzene rings is 3. The van der Waals surface area contributed by atoms with Crippen molar-refractivity contribution in [2.75, 3.05) is 0 Å². The molecule has 1 atom stereocenters. The van der Waals surface area contributed by atoms with Gasteiger partial charge in [-0.15, -0.1) is 10.2 Å². The Bertz CT molecular complexity index is 1310. The summed E-state index contributed by atoms with van der Waals surface area (Å²) < 4.78 is 1.96. The molecule has 8 heteroatoms. The number of hydrogen-bond acceptors (Lipinski definition) is 4. The highest BCUT2D eigenvalue weighted by Crippen LogP contribution is 2.33. The van der Waals surface area contributed by atoms with Crippen LogP contribution in [-0.4, -0.2) is 20.7 Å². The van der Waals surface area contributed by atoms with Gasteiger partial charge in [0, 0.05) is 17.2 Å². The van der Waals surface area contributed by atoms with Crippen molar-refractivity contribution in [2.24, 2.45) is 0 Å². The molecule has 0 aliphatic rings. The van der Waals surface area contributed by atoms with E-state index in [1.165, 1.54) is 5.56 Å². The monoisotopic (exact) mass is 566 g/mol. The van der Waals surface area contributed by atoms with Crippen LogP contribution in [0, 0.1) is 0 Å². The first-order valence-corrected chi connectivity index (χ1v) is 14.7. The normalized spacial score (nSPS) is 11.9. The van der Waals surface area contributed by atoms with Crippen LogP contribution in [0.15, 0.2) is 84.0 Å². The maximum Gasteiger partial charge on any atom is 0.220 e. The molecule has 4 rings (SSSR count). The van der Waals surface area contributed by atoms with E-state index in [1.54, 1.807) is 23.9 Å². The Kier molecular flexibility index (Phi) is 10.7. The van der Waals surface area contributed by atoms with Crippen molar-refractivity contribution in [3.63, 3.8) is 0 Å². The summed E-state index contributed by atoms with van der Waals surface area (Å²) in [5, 5.41) is 14.2. The minimum Gasteiger partial charge on any atom is -0.346 e. The quantitative estimate of drug-likeness (QED) is 0.131. The topological polar surface area (TPSA) is 59.8 Å². The van der Waals surface area contributed by atoms with Gasteiger partial charge in [0.05, 0.1) is 16.8 Å². The Morgan fingerprint density at radius 3 is 2.32 bits per heavy atom. The molecule has 1 heterocycles. The molecular formula is C30H32Cl2N4OS. The van der Waals surface area contributed by atoms with Crippen LogP contribution in [0.25, 0.3) is 5.69 Å². The van der Waals surface area contributed by atoms with Gasteiger partial charge >= 0.3 is 0 Å². The van der Waals surface area contributed by atoms with Gasteiger partial charge in [0.2, 0.25) is 5.91 Å². The Morgan fingerprint density at radius 1 is 0.921 bits per heavy atom. The SMILES string of the molecule is CCCCCCC(=O)NC(Cc1ccccc1)c1nnc(SCc2ccccc2)n1-c1ccc(Cl)cc1Cl. The maximum atomic E-state index is 13.0. The maximum absolute atomic E-state index is 13.0. The minimum absolute atomic E-state index is 0.0114. The van der Waals surface area contributed by atoms with Crippen LogP contribution >= 0.6 is 35.0 Å². The Balaban J connectivity index is 1.69. The molecule has 0 aliphatic heterocycles. The van der Waals surface area contributed by atoms with Gasteiger partial charge in [-0.05, 0) is 42.2 Å². The molecule has 0 fully saturated rings. The lowest BCUT2D eigenvalue weighted by molar-refractivity contribution is -0.122. The molecule has 38 heavy (non-hydrogen) atoms. The van der Waals surface area contributed by atoms with E-state index in [0.717, 1.165) is 42.7 Å². The van der Waals surface area contributed by atoms with Crippen molar-refractivity contribution in [1.29, 1.82) is 0 Å². The number of nitrogens with one attached hydrogen (secondary N) is 1. The van der Waals surface area contributed by atoms with Gasteiger partial charge in [-0.3, -0.25) is 9.36 Å². The van der Waals surface area contributed by atoms with Gasteiger partial charge in [0.15, 0.2) is 11.0 Å². The predicted octanol–water partition coefficient (Wildman–Crippen LogP) is 8.24. The molecule has 1 N–H and O–H groups in total. The lowest BCUT2D eigenvalue weighted by Crippen LogP contribution is -2.32. The van der Waals surface area contributed by atoms with Gasteiger partial charge < -0.3 is 5.32 Å². The third-order valence-electron chi connectivity index (χ3n) is 6.21. The fourth-order valence-corrected chi connectivity index (χ4v) is 5.65.